The number of nitrogens with one attached hydrogen (secondary N) is 1. The summed E-state index contributed by atoms with van der Waals surface area (Å²) in [5, 5.41) is 3.35. The van der Waals surface area contributed by atoms with Crippen molar-refractivity contribution in [1.29, 1.82) is 0 Å². The number of nitrogens with zero attached hydrogens (tertiary/aromatic N) is 1. The Kier molecular flexibility index (Phi) is 5.45. The highest BCUT2D eigenvalue weighted by Crippen LogP contribution is 2.17. The first-order chi connectivity index (χ1) is 7.75. The maximum atomic E-state index is 4.14. The lowest BCUT2D eigenvalue weighted by Gasteiger charge is -2.08. The van der Waals surface area contributed by atoms with Crippen LogP contribution in [-0.4, -0.2) is 4.98 Å². The fourth-order valence-corrected chi connectivity index (χ4v) is 1.92. The van der Waals surface area contributed by atoms with E-state index in [9.17, 15) is 0 Å². The molecule has 0 saturated heterocycles. The molecule has 2 aromatic rings. The second-order valence-electron chi connectivity index (χ2n) is 3.70. The molecule has 0 atom stereocenters. The van der Waals surface area contributed by atoms with Gasteiger partial charge in [-0.15, -0.1) is 12.4 Å². The molecule has 0 aliphatic heterocycles. The Hall–Kier alpha value is -1.06. The highest BCUT2D eigenvalue weighted by atomic mass is 79.9. The molecule has 1 N–H and O–H groups in total. The Labute approximate surface area is 116 Å². The summed E-state index contributed by atoms with van der Waals surface area (Å²) < 4.78 is 1.13. The first-order valence-corrected chi connectivity index (χ1v) is 5.94. The van der Waals surface area contributed by atoms with Gasteiger partial charge in [0.1, 0.15) is 0 Å². The third-order valence-electron chi connectivity index (χ3n) is 2.32. The molecule has 0 radical (unpaired) electrons. The average Bonchev–Trinajstić information content (AvgIpc) is 2.28. The van der Waals surface area contributed by atoms with Crippen LogP contribution in [0.3, 0.4) is 0 Å². The Balaban J connectivity index is 0.00000144. The van der Waals surface area contributed by atoms with E-state index in [2.05, 4.69) is 38.4 Å². The number of anilines is 1. The van der Waals surface area contributed by atoms with Crippen LogP contribution in [0.5, 0.6) is 0 Å². The van der Waals surface area contributed by atoms with Crippen molar-refractivity contribution in [2.24, 2.45) is 0 Å². The fourth-order valence-electron chi connectivity index (χ4n) is 1.49. The molecule has 0 unspecified atom stereocenters. The maximum Gasteiger partial charge on any atom is 0.0532 e. The molecule has 2 rings (SSSR count). The normalized spacial score (nSPS) is 9.53. The molecule has 17 heavy (non-hydrogen) atoms. The molecular formula is C13H14BrClN2. The van der Waals surface area contributed by atoms with E-state index in [-0.39, 0.29) is 12.4 Å². The van der Waals surface area contributed by atoms with Crippen molar-refractivity contribution in [1.82, 2.24) is 4.98 Å². The molecule has 90 valence electrons. The Morgan fingerprint density at radius 2 is 2.00 bits per heavy atom. The Morgan fingerprint density at radius 3 is 2.71 bits per heavy atom. The lowest BCUT2D eigenvalue weighted by Crippen LogP contribution is -2.00. The quantitative estimate of drug-likeness (QED) is 0.919. The molecule has 0 fully saturated rings. The van der Waals surface area contributed by atoms with Gasteiger partial charge in [0.2, 0.25) is 0 Å². The Morgan fingerprint density at radius 1 is 1.24 bits per heavy atom. The number of hydrogen-bond acceptors (Lipinski definition) is 2. The minimum atomic E-state index is 0. The van der Waals surface area contributed by atoms with Gasteiger partial charge < -0.3 is 5.32 Å². The molecule has 0 spiro atoms. The van der Waals surface area contributed by atoms with E-state index in [1.54, 1.807) is 0 Å². The van der Waals surface area contributed by atoms with Crippen molar-refractivity contribution in [2.45, 2.75) is 13.5 Å². The third kappa shape index (κ3) is 4.02. The first kappa shape index (κ1) is 14.0. The molecule has 4 heteroatoms. The molecule has 2 nitrogen and oxygen atoms in total. The number of pyridine rings is 1. The number of rotatable bonds is 3. The van der Waals surface area contributed by atoms with Crippen LogP contribution in [0.15, 0.2) is 47.2 Å². The molecule has 1 aromatic carbocycles. The van der Waals surface area contributed by atoms with Gasteiger partial charge in [-0.1, -0.05) is 34.1 Å². The summed E-state index contributed by atoms with van der Waals surface area (Å²) in [4.78, 5) is 4.14. The molecule has 0 bridgehead atoms. The molecule has 0 saturated carbocycles. The number of aryl methyl sites for hydroxylation is 1. The summed E-state index contributed by atoms with van der Waals surface area (Å²) in [6, 6.07) is 10.3. The molecule has 0 aliphatic rings. The lowest BCUT2D eigenvalue weighted by atomic mass is 10.2. The SMILES string of the molecule is Cc1cncc(NCc2ccccc2Br)c1.Cl. The zero-order chi connectivity index (χ0) is 11.4. The highest BCUT2D eigenvalue weighted by Gasteiger charge is 1.98. The maximum absolute atomic E-state index is 4.14. The molecule has 1 heterocycles. The van der Waals surface area contributed by atoms with Crippen LogP contribution < -0.4 is 5.32 Å². The van der Waals surface area contributed by atoms with Crippen LogP contribution in [0.1, 0.15) is 11.1 Å². The highest BCUT2D eigenvalue weighted by molar-refractivity contribution is 9.10. The van der Waals surface area contributed by atoms with Crippen molar-refractivity contribution < 1.29 is 0 Å². The van der Waals surface area contributed by atoms with Gasteiger partial charge in [0.15, 0.2) is 0 Å². The lowest BCUT2D eigenvalue weighted by molar-refractivity contribution is 1.12. The summed E-state index contributed by atoms with van der Waals surface area (Å²) >= 11 is 3.53. The van der Waals surface area contributed by atoms with E-state index in [4.69, 9.17) is 0 Å². The molecular weight excluding hydrogens is 300 g/mol. The van der Waals surface area contributed by atoms with Gasteiger partial charge in [-0.05, 0) is 30.2 Å². The number of hydrogen-bond donors (Lipinski definition) is 1. The Bertz CT molecular complexity index is 488. The van der Waals surface area contributed by atoms with Gasteiger partial charge in [0, 0.05) is 23.4 Å². The van der Waals surface area contributed by atoms with E-state index in [1.807, 2.05) is 37.5 Å². The number of halogens is 2. The van der Waals surface area contributed by atoms with Gasteiger partial charge in [-0.3, -0.25) is 4.98 Å². The second-order valence-corrected chi connectivity index (χ2v) is 4.55. The monoisotopic (exact) mass is 312 g/mol. The van der Waals surface area contributed by atoms with E-state index in [1.165, 1.54) is 5.56 Å². The summed E-state index contributed by atoms with van der Waals surface area (Å²) in [5.41, 5.74) is 3.46. The van der Waals surface area contributed by atoms with E-state index < -0.39 is 0 Å². The minimum Gasteiger partial charge on any atom is -0.380 e. The van der Waals surface area contributed by atoms with E-state index in [0.29, 0.717) is 0 Å². The topological polar surface area (TPSA) is 24.9 Å². The summed E-state index contributed by atoms with van der Waals surface area (Å²) in [7, 11) is 0. The molecule has 0 amide bonds. The zero-order valence-electron chi connectivity index (χ0n) is 9.48. The van der Waals surface area contributed by atoms with Crippen molar-refractivity contribution in [3.63, 3.8) is 0 Å². The van der Waals surface area contributed by atoms with E-state index in [0.717, 1.165) is 22.3 Å². The first-order valence-electron chi connectivity index (χ1n) is 5.14. The van der Waals surface area contributed by atoms with Crippen LogP contribution in [0, 0.1) is 6.92 Å². The van der Waals surface area contributed by atoms with Gasteiger partial charge in [-0.2, -0.15) is 0 Å². The predicted molar refractivity (Wildman–Crippen MR) is 77.7 cm³/mol. The largest absolute Gasteiger partial charge is 0.380 e. The van der Waals surface area contributed by atoms with Crippen LogP contribution >= 0.6 is 28.3 Å². The van der Waals surface area contributed by atoms with Gasteiger partial charge in [-0.25, -0.2) is 0 Å². The summed E-state index contributed by atoms with van der Waals surface area (Å²) in [5.74, 6) is 0. The van der Waals surface area contributed by atoms with Crippen LogP contribution in [-0.2, 0) is 6.54 Å². The number of aromatic nitrogens is 1. The van der Waals surface area contributed by atoms with Crippen molar-refractivity contribution in [3.05, 3.63) is 58.3 Å². The third-order valence-corrected chi connectivity index (χ3v) is 3.09. The fraction of sp³-hybridized carbons (Fsp3) is 0.154. The van der Waals surface area contributed by atoms with E-state index >= 15 is 0 Å². The van der Waals surface area contributed by atoms with Gasteiger partial charge in [0.25, 0.3) is 0 Å². The standard InChI is InChI=1S/C13H13BrN2.ClH/c1-10-6-12(9-15-7-10)16-8-11-4-2-3-5-13(11)14;/h2-7,9,16H,8H2,1H3;1H. The molecule has 0 aliphatic carbocycles. The van der Waals surface area contributed by atoms with Crippen LogP contribution in [0.25, 0.3) is 0 Å². The zero-order valence-corrected chi connectivity index (χ0v) is 11.9. The van der Waals surface area contributed by atoms with Crippen molar-refractivity contribution in [3.8, 4) is 0 Å². The van der Waals surface area contributed by atoms with Crippen molar-refractivity contribution >= 4 is 34.0 Å². The second kappa shape index (κ2) is 6.62. The van der Waals surface area contributed by atoms with Gasteiger partial charge in [0.05, 0.1) is 5.69 Å². The van der Waals surface area contributed by atoms with Crippen LogP contribution in [0.4, 0.5) is 5.69 Å². The smallest absolute Gasteiger partial charge is 0.0532 e. The average molecular weight is 314 g/mol. The van der Waals surface area contributed by atoms with Crippen molar-refractivity contribution in [2.75, 3.05) is 5.32 Å². The molecule has 1 aromatic heterocycles. The summed E-state index contributed by atoms with van der Waals surface area (Å²) in [6.07, 6.45) is 3.69. The summed E-state index contributed by atoms with van der Waals surface area (Å²) in [6.45, 7) is 2.84. The minimum absolute atomic E-state index is 0. The van der Waals surface area contributed by atoms with Crippen LogP contribution in [0.2, 0.25) is 0 Å². The number of benzene rings is 1. The predicted octanol–water partition coefficient (Wildman–Crippen LogP) is 4.19. The van der Waals surface area contributed by atoms with Gasteiger partial charge >= 0.3 is 0 Å².